The van der Waals surface area contributed by atoms with E-state index in [2.05, 4.69) is 66.7 Å². The van der Waals surface area contributed by atoms with Crippen LogP contribution in [0.15, 0.2) is 51.2 Å². The van der Waals surface area contributed by atoms with Crippen LogP contribution in [0.3, 0.4) is 0 Å². The van der Waals surface area contributed by atoms with Crippen LogP contribution >= 0.6 is 0 Å². The Morgan fingerprint density at radius 3 is 2.51 bits per heavy atom. The number of ether oxygens (including phenoxy) is 1. The molecule has 1 unspecified atom stereocenters. The smallest absolute Gasteiger partial charge is 0.177 e. The zero-order valence-electron chi connectivity index (χ0n) is 23.5. The van der Waals surface area contributed by atoms with Gasteiger partial charge in [-0.3, -0.25) is 0 Å². The maximum atomic E-state index is 10.7. The van der Waals surface area contributed by atoms with E-state index in [1.165, 1.54) is 54.8 Å². The molecular weight excluding hydrogens is 448 g/mol. The third-order valence-corrected chi connectivity index (χ3v) is 14.5. The number of allylic oxidation sites excluding steroid dienone is 4. The molecule has 2 atom stereocenters. The first kappa shape index (κ1) is 28.2. The van der Waals surface area contributed by atoms with E-state index in [-0.39, 0.29) is 6.10 Å². The van der Waals surface area contributed by atoms with Crippen LogP contribution in [0, 0.1) is 5.41 Å². The van der Waals surface area contributed by atoms with Crippen LogP contribution < -0.4 is 5.38 Å². The van der Waals surface area contributed by atoms with E-state index in [0.29, 0.717) is 5.41 Å². The van der Waals surface area contributed by atoms with E-state index < -0.39 is 14.4 Å². The molecule has 196 valence electrons. The van der Waals surface area contributed by atoms with Crippen LogP contribution in [-0.4, -0.2) is 19.5 Å². The van der Waals surface area contributed by atoms with Gasteiger partial charge in [0.1, 0.15) is 8.07 Å². The van der Waals surface area contributed by atoms with E-state index in [9.17, 15) is 5.11 Å². The van der Waals surface area contributed by atoms with Crippen LogP contribution in [0.2, 0.25) is 18.1 Å². The van der Waals surface area contributed by atoms with Gasteiger partial charge in [-0.25, -0.2) is 0 Å². The van der Waals surface area contributed by atoms with Crippen LogP contribution in [0.4, 0.5) is 0 Å². The van der Waals surface area contributed by atoms with Gasteiger partial charge in [0.25, 0.3) is 0 Å². The molecule has 3 nitrogen and oxygen atoms in total. The molecule has 0 saturated heterocycles. The number of hydrogen-bond acceptors (Lipinski definition) is 3. The molecule has 1 aliphatic carbocycles. The average molecular weight is 499 g/mol. The molecule has 4 heteroatoms. The van der Waals surface area contributed by atoms with Gasteiger partial charge in [-0.2, -0.15) is 0 Å². The van der Waals surface area contributed by atoms with Crippen molar-refractivity contribution in [1.82, 2.24) is 0 Å². The summed E-state index contributed by atoms with van der Waals surface area (Å²) in [6, 6.07) is 5.82. The van der Waals surface area contributed by atoms with E-state index in [1.807, 2.05) is 6.26 Å². The van der Waals surface area contributed by atoms with Crippen molar-refractivity contribution in [2.75, 3.05) is 0 Å². The minimum Gasteiger partial charge on any atom is -0.474 e. The summed E-state index contributed by atoms with van der Waals surface area (Å²) < 4.78 is 12.1. The van der Waals surface area contributed by atoms with Gasteiger partial charge in [-0.1, -0.05) is 81.6 Å². The Kier molecular flexibility index (Phi) is 9.88. The first-order valence-corrected chi connectivity index (χ1v) is 16.7. The molecule has 0 aromatic carbocycles. The summed E-state index contributed by atoms with van der Waals surface area (Å²) in [4.78, 5) is 0. The molecule has 0 spiro atoms. The molecule has 0 amide bonds. The highest BCUT2D eigenvalue weighted by Gasteiger charge is 2.34. The van der Waals surface area contributed by atoms with Crippen molar-refractivity contribution in [3.8, 4) is 0 Å². The quantitative estimate of drug-likeness (QED) is 0.245. The van der Waals surface area contributed by atoms with Gasteiger partial charge in [-0.05, 0) is 82.3 Å². The summed E-state index contributed by atoms with van der Waals surface area (Å²) in [7, 11) is -1.53. The molecule has 1 aromatic heterocycles. The molecule has 1 aromatic rings. The minimum atomic E-state index is -1.53. The summed E-state index contributed by atoms with van der Waals surface area (Å²) >= 11 is 0. The first-order chi connectivity index (χ1) is 16.7. The minimum absolute atomic E-state index is 0.115. The normalized spacial score (nSPS) is 23.5. The highest BCUT2D eigenvalue weighted by atomic mass is 28.3. The van der Waals surface area contributed by atoms with Gasteiger partial charge in [0.2, 0.25) is 0 Å². The van der Waals surface area contributed by atoms with Crippen molar-refractivity contribution in [3.05, 3.63) is 52.3 Å². The van der Waals surface area contributed by atoms with Gasteiger partial charge in [0.15, 0.2) is 6.29 Å². The van der Waals surface area contributed by atoms with Gasteiger partial charge >= 0.3 is 0 Å². The standard InChI is InChI=1S/C31H50O3Si/c1-8-35(9-2,10-3)29-21-26(22-33-29)28-19-17-25(30(32)34-28)15-11-13-23(4)16-18-27-24(5)14-12-20-31(27,6)7/h13,17,21-22,28,30,32H,8-12,14-16,18-20H2,1-7H3/b23-13+/t28-,30?/m1/s1. The number of furan rings is 1. The third-order valence-electron chi connectivity index (χ3n) is 9.13. The predicted molar refractivity (Wildman–Crippen MR) is 151 cm³/mol. The fourth-order valence-electron chi connectivity index (χ4n) is 6.30. The Morgan fingerprint density at radius 2 is 1.89 bits per heavy atom. The third kappa shape index (κ3) is 6.70. The summed E-state index contributed by atoms with van der Waals surface area (Å²) in [5.74, 6) is 0. The summed E-state index contributed by atoms with van der Waals surface area (Å²) in [5.41, 5.74) is 7.20. The molecule has 0 radical (unpaired) electrons. The Labute approximate surface area is 215 Å². The summed E-state index contributed by atoms with van der Waals surface area (Å²) in [5, 5.41) is 11.9. The van der Waals surface area contributed by atoms with Crippen molar-refractivity contribution < 1.29 is 14.3 Å². The second kappa shape index (κ2) is 12.3. The Balaban J connectivity index is 1.53. The maximum absolute atomic E-state index is 10.7. The first-order valence-electron chi connectivity index (χ1n) is 14.1. The number of hydrogen-bond donors (Lipinski definition) is 1. The lowest BCUT2D eigenvalue weighted by atomic mass is 9.71. The van der Waals surface area contributed by atoms with Crippen molar-refractivity contribution in [2.45, 2.75) is 130 Å². The van der Waals surface area contributed by atoms with Crippen LogP contribution in [-0.2, 0) is 4.74 Å². The SMILES string of the molecule is CC[Si](CC)(CC)c1cc([C@H]2CC=C(CC/C=C(\C)CCC3=C(C)CCCC3(C)C)C(O)O2)co1. The molecule has 1 aliphatic heterocycles. The lowest BCUT2D eigenvalue weighted by Gasteiger charge is -2.35. The second-order valence-corrected chi connectivity index (χ2v) is 16.8. The molecule has 0 fully saturated rings. The predicted octanol–water partition coefficient (Wildman–Crippen LogP) is 8.73. The van der Waals surface area contributed by atoms with E-state index >= 15 is 0 Å². The van der Waals surface area contributed by atoms with Gasteiger partial charge in [0.05, 0.1) is 17.8 Å². The molecule has 0 saturated carbocycles. The second-order valence-electron chi connectivity index (χ2n) is 11.7. The Hall–Kier alpha value is -1.36. The lowest BCUT2D eigenvalue weighted by molar-refractivity contribution is -0.122. The van der Waals surface area contributed by atoms with Gasteiger partial charge in [-0.15, -0.1) is 0 Å². The summed E-state index contributed by atoms with van der Waals surface area (Å²) in [6.07, 6.45) is 14.3. The van der Waals surface area contributed by atoms with Crippen LogP contribution in [0.25, 0.3) is 0 Å². The molecular formula is C31H50O3Si. The Bertz CT molecular complexity index is 921. The fraction of sp³-hybridized carbons (Fsp3) is 0.677. The zero-order chi connectivity index (χ0) is 25.6. The molecule has 2 aliphatic rings. The van der Waals surface area contributed by atoms with Crippen molar-refractivity contribution >= 4 is 13.5 Å². The lowest BCUT2D eigenvalue weighted by Crippen LogP contribution is -2.44. The van der Waals surface area contributed by atoms with E-state index in [1.54, 1.807) is 11.1 Å². The van der Waals surface area contributed by atoms with Crippen molar-refractivity contribution in [1.29, 1.82) is 0 Å². The number of aliphatic hydroxyl groups excluding tert-OH is 1. The highest BCUT2D eigenvalue weighted by Crippen LogP contribution is 2.42. The topological polar surface area (TPSA) is 42.6 Å². The van der Waals surface area contributed by atoms with E-state index in [0.717, 1.165) is 36.8 Å². The van der Waals surface area contributed by atoms with Crippen molar-refractivity contribution in [3.63, 3.8) is 0 Å². The molecule has 2 heterocycles. The summed E-state index contributed by atoms with van der Waals surface area (Å²) in [6.45, 7) is 16.3. The Morgan fingerprint density at radius 1 is 1.17 bits per heavy atom. The van der Waals surface area contributed by atoms with Crippen LogP contribution in [0.1, 0.15) is 112 Å². The molecule has 3 rings (SSSR count). The van der Waals surface area contributed by atoms with Crippen molar-refractivity contribution in [2.24, 2.45) is 5.41 Å². The van der Waals surface area contributed by atoms with E-state index in [4.69, 9.17) is 9.15 Å². The zero-order valence-corrected chi connectivity index (χ0v) is 24.5. The highest BCUT2D eigenvalue weighted by molar-refractivity contribution is 6.90. The monoisotopic (exact) mass is 498 g/mol. The molecule has 1 N–H and O–H groups in total. The molecule has 0 bridgehead atoms. The average Bonchev–Trinajstić information content (AvgIpc) is 3.32. The number of rotatable bonds is 11. The molecule has 35 heavy (non-hydrogen) atoms. The largest absolute Gasteiger partial charge is 0.474 e. The maximum Gasteiger partial charge on any atom is 0.177 e. The van der Waals surface area contributed by atoms with Gasteiger partial charge < -0.3 is 14.3 Å². The fourth-order valence-corrected chi connectivity index (χ4v) is 9.63. The number of aliphatic hydroxyl groups is 1. The van der Waals surface area contributed by atoms with Crippen LogP contribution in [0.5, 0.6) is 0 Å². The van der Waals surface area contributed by atoms with Gasteiger partial charge in [0, 0.05) is 5.56 Å².